The number of carboxylic acid groups (broad SMARTS) is 1. The third-order valence-electron chi connectivity index (χ3n) is 3.30. The second kappa shape index (κ2) is 8.72. The first-order chi connectivity index (χ1) is 10.8. The van der Waals surface area contributed by atoms with Crippen molar-refractivity contribution in [2.75, 3.05) is 0 Å². The maximum Gasteiger partial charge on any atom is 0.326 e. The van der Waals surface area contributed by atoms with Crippen molar-refractivity contribution in [2.24, 2.45) is 5.73 Å². The Labute approximate surface area is 133 Å². The van der Waals surface area contributed by atoms with Crippen LogP contribution in [0.3, 0.4) is 0 Å². The molecule has 0 aliphatic heterocycles. The fourth-order valence-electron chi connectivity index (χ4n) is 2.07. The molecule has 8 nitrogen and oxygen atoms in total. The van der Waals surface area contributed by atoms with E-state index >= 15 is 0 Å². The SMILES string of the molecule is Cc1cccn(CCCCC(=O)NC(CC(N)=O)C(=O)O)c1=O. The number of hydrogen-bond donors (Lipinski definition) is 3. The highest BCUT2D eigenvalue weighted by Crippen LogP contribution is 2.01. The third-order valence-corrected chi connectivity index (χ3v) is 3.30. The summed E-state index contributed by atoms with van der Waals surface area (Å²) in [6.07, 6.45) is 2.45. The number of amides is 2. The molecule has 0 bridgehead atoms. The normalized spacial score (nSPS) is 11.7. The van der Waals surface area contributed by atoms with Gasteiger partial charge in [0.1, 0.15) is 6.04 Å². The lowest BCUT2D eigenvalue weighted by Gasteiger charge is -2.12. The molecule has 0 spiro atoms. The molecule has 0 saturated carbocycles. The van der Waals surface area contributed by atoms with Gasteiger partial charge in [0, 0.05) is 24.7 Å². The molecule has 1 aromatic heterocycles. The highest BCUT2D eigenvalue weighted by Gasteiger charge is 2.21. The van der Waals surface area contributed by atoms with Crippen molar-refractivity contribution < 1.29 is 19.5 Å². The Morgan fingerprint density at radius 1 is 1.35 bits per heavy atom. The molecule has 1 unspecified atom stereocenters. The zero-order valence-corrected chi connectivity index (χ0v) is 12.9. The van der Waals surface area contributed by atoms with Gasteiger partial charge >= 0.3 is 5.97 Å². The van der Waals surface area contributed by atoms with Crippen LogP contribution in [-0.4, -0.2) is 33.5 Å². The molecule has 0 radical (unpaired) electrons. The largest absolute Gasteiger partial charge is 0.480 e. The van der Waals surface area contributed by atoms with Gasteiger partial charge in [-0.25, -0.2) is 4.79 Å². The Kier molecular flexibility index (Phi) is 6.98. The van der Waals surface area contributed by atoms with E-state index in [9.17, 15) is 19.2 Å². The van der Waals surface area contributed by atoms with Crippen LogP contribution < -0.4 is 16.6 Å². The van der Waals surface area contributed by atoms with Crippen LogP contribution in [0.2, 0.25) is 0 Å². The Bertz CT molecular complexity index is 638. The first-order valence-corrected chi connectivity index (χ1v) is 7.27. The van der Waals surface area contributed by atoms with Crippen molar-refractivity contribution in [2.45, 2.75) is 45.2 Å². The van der Waals surface area contributed by atoms with Crippen molar-refractivity contribution in [3.63, 3.8) is 0 Å². The summed E-state index contributed by atoms with van der Waals surface area (Å²) in [4.78, 5) is 45.1. The maximum absolute atomic E-state index is 11.8. The number of aliphatic carboxylic acids is 1. The number of nitrogens with two attached hydrogens (primary N) is 1. The molecular formula is C15H21N3O5. The number of aromatic nitrogens is 1. The van der Waals surface area contributed by atoms with Gasteiger partial charge in [-0.3, -0.25) is 14.4 Å². The second-order valence-electron chi connectivity index (χ2n) is 5.28. The number of nitrogens with one attached hydrogen (secondary N) is 1. The number of hydrogen-bond acceptors (Lipinski definition) is 4. The van der Waals surface area contributed by atoms with E-state index in [0.29, 0.717) is 24.9 Å². The number of nitrogens with zero attached hydrogens (tertiary/aromatic N) is 1. The quantitative estimate of drug-likeness (QED) is 0.540. The van der Waals surface area contributed by atoms with Gasteiger partial charge in [-0.15, -0.1) is 0 Å². The van der Waals surface area contributed by atoms with E-state index in [1.54, 1.807) is 29.8 Å². The first-order valence-electron chi connectivity index (χ1n) is 7.27. The number of carboxylic acids is 1. The molecule has 4 N–H and O–H groups in total. The van der Waals surface area contributed by atoms with E-state index < -0.39 is 30.2 Å². The molecule has 0 saturated heterocycles. The summed E-state index contributed by atoms with van der Waals surface area (Å²) >= 11 is 0. The summed E-state index contributed by atoms with van der Waals surface area (Å²) in [6.45, 7) is 2.22. The van der Waals surface area contributed by atoms with Crippen LogP contribution in [0.5, 0.6) is 0 Å². The topological polar surface area (TPSA) is 131 Å². The van der Waals surface area contributed by atoms with Crippen LogP contribution in [0.4, 0.5) is 0 Å². The molecular weight excluding hydrogens is 302 g/mol. The third kappa shape index (κ3) is 6.33. The Hall–Kier alpha value is -2.64. The molecule has 0 aliphatic rings. The molecule has 1 heterocycles. The molecule has 2 amide bonds. The number of aryl methyl sites for hydroxylation is 2. The fraction of sp³-hybridized carbons (Fsp3) is 0.467. The van der Waals surface area contributed by atoms with Crippen molar-refractivity contribution >= 4 is 17.8 Å². The number of pyridine rings is 1. The second-order valence-corrected chi connectivity index (χ2v) is 5.28. The van der Waals surface area contributed by atoms with Crippen molar-refractivity contribution in [1.29, 1.82) is 0 Å². The molecule has 0 fully saturated rings. The standard InChI is InChI=1S/C15H21N3O5/c1-10-5-4-8-18(14(10)21)7-3-2-6-13(20)17-11(15(22)23)9-12(16)19/h4-5,8,11H,2-3,6-7,9H2,1H3,(H2,16,19)(H,17,20)(H,22,23). The fourth-order valence-corrected chi connectivity index (χ4v) is 2.07. The van der Waals surface area contributed by atoms with Gasteiger partial charge in [0.25, 0.3) is 5.56 Å². The van der Waals surface area contributed by atoms with Crippen molar-refractivity contribution in [3.05, 3.63) is 34.2 Å². The van der Waals surface area contributed by atoms with Crippen molar-refractivity contribution in [1.82, 2.24) is 9.88 Å². The summed E-state index contributed by atoms with van der Waals surface area (Å²) in [5.41, 5.74) is 5.52. The van der Waals surface area contributed by atoms with E-state index in [2.05, 4.69) is 5.32 Å². The molecule has 0 aromatic carbocycles. The van der Waals surface area contributed by atoms with E-state index in [4.69, 9.17) is 10.8 Å². The Morgan fingerprint density at radius 2 is 2.04 bits per heavy atom. The van der Waals surface area contributed by atoms with Gasteiger partial charge in [-0.05, 0) is 25.8 Å². The summed E-state index contributed by atoms with van der Waals surface area (Å²) in [5.74, 6) is -2.56. The lowest BCUT2D eigenvalue weighted by molar-refractivity contribution is -0.143. The lowest BCUT2D eigenvalue weighted by atomic mass is 10.1. The summed E-state index contributed by atoms with van der Waals surface area (Å²) in [7, 11) is 0. The van der Waals surface area contributed by atoms with Gasteiger partial charge in [0.05, 0.1) is 6.42 Å². The van der Waals surface area contributed by atoms with Crippen LogP contribution in [-0.2, 0) is 20.9 Å². The molecule has 23 heavy (non-hydrogen) atoms. The van der Waals surface area contributed by atoms with Crippen LogP contribution in [0, 0.1) is 6.92 Å². The molecule has 0 aliphatic carbocycles. The molecule has 1 aromatic rings. The predicted molar refractivity (Wildman–Crippen MR) is 82.7 cm³/mol. The van der Waals surface area contributed by atoms with E-state index in [-0.39, 0.29) is 12.0 Å². The minimum absolute atomic E-state index is 0.0654. The minimum Gasteiger partial charge on any atom is -0.480 e. The number of rotatable bonds is 9. The highest BCUT2D eigenvalue weighted by molar-refractivity contribution is 5.88. The van der Waals surface area contributed by atoms with Crippen LogP contribution in [0.15, 0.2) is 23.1 Å². The highest BCUT2D eigenvalue weighted by atomic mass is 16.4. The first kappa shape index (κ1) is 18.4. The van der Waals surface area contributed by atoms with E-state index in [0.717, 1.165) is 0 Å². The molecule has 8 heteroatoms. The van der Waals surface area contributed by atoms with E-state index in [1.807, 2.05) is 0 Å². The zero-order valence-electron chi connectivity index (χ0n) is 12.9. The van der Waals surface area contributed by atoms with Gasteiger partial charge in [0.15, 0.2) is 0 Å². The molecule has 1 atom stereocenters. The zero-order chi connectivity index (χ0) is 17.4. The summed E-state index contributed by atoms with van der Waals surface area (Å²) < 4.78 is 1.57. The number of carbonyl (C=O) groups is 3. The number of unbranched alkanes of at least 4 members (excludes halogenated alkanes) is 1. The predicted octanol–water partition coefficient (Wildman–Crippen LogP) is -0.228. The average Bonchev–Trinajstić information content (AvgIpc) is 2.46. The minimum atomic E-state index is -1.31. The summed E-state index contributed by atoms with van der Waals surface area (Å²) in [5, 5.41) is 11.1. The van der Waals surface area contributed by atoms with Gasteiger partial charge in [0.2, 0.25) is 11.8 Å². The van der Waals surface area contributed by atoms with Crippen LogP contribution >= 0.6 is 0 Å². The van der Waals surface area contributed by atoms with Gasteiger partial charge < -0.3 is 20.7 Å². The lowest BCUT2D eigenvalue weighted by Crippen LogP contribution is -2.43. The smallest absolute Gasteiger partial charge is 0.326 e. The Balaban J connectivity index is 2.39. The van der Waals surface area contributed by atoms with Crippen LogP contribution in [0.25, 0.3) is 0 Å². The number of primary amides is 1. The number of carbonyl (C=O) groups excluding carboxylic acids is 2. The van der Waals surface area contributed by atoms with Gasteiger partial charge in [-0.1, -0.05) is 6.07 Å². The Morgan fingerprint density at radius 3 is 2.65 bits per heavy atom. The molecule has 1 rings (SSSR count). The van der Waals surface area contributed by atoms with Crippen molar-refractivity contribution in [3.8, 4) is 0 Å². The molecule has 126 valence electrons. The van der Waals surface area contributed by atoms with Gasteiger partial charge in [-0.2, -0.15) is 0 Å². The average molecular weight is 323 g/mol. The maximum atomic E-state index is 11.8. The van der Waals surface area contributed by atoms with Crippen LogP contribution in [0.1, 0.15) is 31.2 Å². The summed E-state index contributed by atoms with van der Waals surface area (Å²) in [6, 6.07) is 2.21. The van der Waals surface area contributed by atoms with E-state index in [1.165, 1.54) is 0 Å². The monoisotopic (exact) mass is 323 g/mol.